The van der Waals surface area contributed by atoms with Gasteiger partial charge in [0, 0.05) is 18.8 Å². The summed E-state index contributed by atoms with van der Waals surface area (Å²) in [6.45, 7) is 2.08. The molecular weight excluding hydrogens is 276 g/mol. The van der Waals surface area contributed by atoms with Crippen LogP contribution < -0.4 is 10.2 Å². The van der Waals surface area contributed by atoms with E-state index in [1.807, 2.05) is 30.3 Å². The fourth-order valence-corrected chi connectivity index (χ4v) is 2.86. The molecule has 112 valence electrons. The third kappa shape index (κ3) is 2.47. The van der Waals surface area contributed by atoms with Gasteiger partial charge < -0.3 is 15.2 Å². The van der Waals surface area contributed by atoms with Crippen molar-refractivity contribution in [3.05, 3.63) is 36.7 Å². The zero-order valence-corrected chi connectivity index (χ0v) is 12.3. The molecule has 6 heteroatoms. The number of hydrogen-bond donors (Lipinski definition) is 2. The fourth-order valence-electron chi connectivity index (χ4n) is 2.86. The van der Waals surface area contributed by atoms with Crippen LogP contribution in [0.15, 0.2) is 36.7 Å². The molecule has 0 unspecified atom stereocenters. The molecule has 1 aromatic carbocycles. The normalized spacial score (nSPS) is 15.2. The van der Waals surface area contributed by atoms with Gasteiger partial charge in [-0.2, -0.15) is 9.97 Å². The summed E-state index contributed by atoms with van der Waals surface area (Å²) in [6.07, 6.45) is 5.39. The SMILES string of the molecule is c1ccc(Nc2nc(N3CCCCC3)c3[nH]cnc3n2)cc1. The van der Waals surface area contributed by atoms with Gasteiger partial charge in [0.25, 0.3) is 0 Å². The minimum atomic E-state index is 0.589. The first-order chi connectivity index (χ1) is 10.9. The Morgan fingerprint density at radius 3 is 2.64 bits per heavy atom. The lowest BCUT2D eigenvalue weighted by atomic mass is 10.1. The maximum Gasteiger partial charge on any atom is 0.231 e. The number of benzene rings is 1. The van der Waals surface area contributed by atoms with Crippen LogP contribution in [0.25, 0.3) is 11.2 Å². The first-order valence-electron chi connectivity index (χ1n) is 7.68. The van der Waals surface area contributed by atoms with E-state index in [1.54, 1.807) is 6.33 Å². The third-order valence-electron chi connectivity index (χ3n) is 3.95. The molecule has 0 atom stereocenters. The van der Waals surface area contributed by atoms with Gasteiger partial charge in [-0.1, -0.05) is 18.2 Å². The van der Waals surface area contributed by atoms with Crippen molar-refractivity contribution in [2.45, 2.75) is 19.3 Å². The molecule has 1 saturated heterocycles. The number of para-hydroxylation sites is 1. The number of rotatable bonds is 3. The second kappa shape index (κ2) is 5.63. The average molecular weight is 294 g/mol. The van der Waals surface area contributed by atoms with E-state index in [0.29, 0.717) is 11.6 Å². The van der Waals surface area contributed by atoms with Crippen LogP contribution in [0, 0.1) is 0 Å². The Kier molecular flexibility index (Phi) is 3.34. The molecule has 0 aliphatic carbocycles. The van der Waals surface area contributed by atoms with Gasteiger partial charge in [-0.15, -0.1) is 0 Å². The van der Waals surface area contributed by atoms with Crippen molar-refractivity contribution in [1.29, 1.82) is 0 Å². The van der Waals surface area contributed by atoms with E-state index in [2.05, 4.69) is 25.2 Å². The predicted octanol–water partition coefficient (Wildman–Crippen LogP) is 3.09. The molecule has 6 nitrogen and oxygen atoms in total. The molecule has 1 aliphatic heterocycles. The first kappa shape index (κ1) is 13.1. The average Bonchev–Trinajstić information content (AvgIpc) is 3.04. The number of nitrogens with one attached hydrogen (secondary N) is 2. The molecule has 3 heterocycles. The van der Waals surface area contributed by atoms with Crippen LogP contribution in [0.3, 0.4) is 0 Å². The lowest BCUT2D eigenvalue weighted by Crippen LogP contribution is -2.30. The second-order valence-corrected chi connectivity index (χ2v) is 5.51. The van der Waals surface area contributed by atoms with Crippen molar-refractivity contribution >= 4 is 28.6 Å². The Morgan fingerprint density at radius 1 is 1.00 bits per heavy atom. The fraction of sp³-hybridized carbons (Fsp3) is 0.312. The lowest BCUT2D eigenvalue weighted by Gasteiger charge is -2.28. The van der Waals surface area contributed by atoms with Crippen LogP contribution in [-0.2, 0) is 0 Å². The molecule has 0 bridgehead atoms. The molecule has 0 amide bonds. The predicted molar refractivity (Wildman–Crippen MR) is 87.5 cm³/mol. The Balaban J connectivity index is 1.73. The molecule has 0 spiro atoms. The topological polar surface area (TPSA) is 69.7 Å². The third-order valence-corrected chi connectivity index (χ3v) is 3.95. The summed E-state index contributed by atoms with van der Waals surface area (Å²) < 4.78 is 0. The maximum atomic E-state index is 4.72. The largest absolute Gasteiger partial charge is 0.355 e. The highest BCUT2D eigenvalue weighted by atomic mass is 15.3. The van der Waals surface area contributed by atoms with E-state index < -0.39 is 0 Å². The smallest absolute Gasteiger partial charge is 0.231 e. The van der Waals surface area contributed by atoms with Crippen molar-refractivity contribution in [1.82, 2.24) is 19.9 Å². The minimum Gasteiger partial charge on any atom is -0.355 e. The monoisotopic (exact) mass is 294 g/mol. The van der Waals surface area contributed by atoms with Gasteiger partial charge in [0.15, 0.2) is 11.5 Å². The molecule has 1 fully saturated rings. The van der Waals surface area contributed by atoms with E-state index >= 15 is 0 Å². The summed E-state index contributed by atoms with van der Waals surface area (Å²) in [5.41, 5.74) is 2.59. The van der Waals surface area contributed by atoms with E-state index in [9.17, 15) is 0 Å². The molecule has 0 radical (unpaired) electrons. The number of fused-ring (bicyclic) bond motifs is 1. The molecule has 1 aliphatic rings. The van der Waals surface area contributed by atoms with E-state index in [-0.39, 0.29) is 0 Å². The number of nitrogens with zero attached hydrogens (tertiary/aromatic N) is 4. The summed E-state index contributed by atoms with van der Waals surface area (Å²) in [4.78, 5) is 19.0. The van der Waals surface area contributed by atoms with Crippen LogP contribution in [0.5, 0.6) is 0 Å². The number of aromatic amines is 1. The van der Waals surface area contributed by atoms with Gasteiger partial charge in [0.1, 0.15) is 5.52 Å². The van der Waals surface area contributed by atoms with Crippen LogP contribution >= 0.6 is 0 Å². The van der Waals surface area contributed by atoms with Crippen molar-refractivity contribution in [2.24, 2.45) is 0 Å². The van der Waals surface area contributed by atoms with Crippen LogP contribution in [0.1, 0.15) is 19.3 Å². The Bertz CT molecular complexity index is 761. The van der Waals surface area contributed by atoms with Crippen molar-refractivity contribution < 1.29 is 0 Å². The van der Waals surface area contributed by atoms with Gasteiger partial charge >= 0.3 is 0 Å². The molecular formula is C16H18N6. The maximum absolute atomic E-state index is 4.72. The Hall–Kier alpha value is -2.63. The van der Waals surface area contributed by atoms with Crippen molar-refractivity contribution in [2.75, 3.05) is 23.3 Å². The molecule has 3 aromatic rings. The van der Waals surface area contributed by atoms with Gasteiger partial charge in [0.05, 0.1) is 6.33 Å². The number of aromatic nitrogens is 4. The van der Waals surface area contributed by atoms with E-state index in [4.69, 9.17) is 4.98 Å². The lowest BCUT2D eigenvalue weighted by molar-refractivity contribution is 0.574. The highest BCUT2D eigenvalue weighted by Gasteiger charge is 2.18. The summed E-state index contributed by atoms with van der Waals surface area (Å²) in [6, 6.07) is 9.96. The zero-order chi connectivity index (χ0) is 14.8. The number of H-pyrrole nitrogens is 1. The van der Waals surface area contributed by atoms with Crippen LogP contribution in [0.2, 0.25) is 0 Å². The highest BCUT2D eigenvalue weighted by molar-refractivity contribution is 5.84. The van der Waals surface area contributed by atoms with Gasteiger partial charge in [-0.25, -0.2) is 4.98 Å². The van der Waals surface area contributed by atoms with Crippen LogP contribution in [-0.4, -0.2) is 33.0 Å². The van der Waals surface area contributed by atoms with Crippen molar-refractivity contribution in [3.63, 3.8) is 0 Å². The van der Waals surface area contributed by atoms with Crippen molar-refractivity contribution in [3.8, 4) is 0 Å². The Morgan fingerprint density at radius 2 is 1.82 bits per heavy atom. The van der Waals surface area contributed by atoms with Gasteiger partial charge in [-0.05, 0) is 31.4 Å². The first-order valence-corrected chi connectivity index (χ1v) is 7.68. The molecule has 4 rings (SSSR count). The number of anilines is 3. The minimum absolute atomic E-state index is 0.589. The summed E-state index contributed by atoms with van der Waals surface area (Å²) in [5.74, 6) is 1.53. The van der Waals surface area contributed by atoms with Gasteiger partial charge in [0.2, 0.25) is 5.95 Å². The summed E-state index contributed by atoms with van der Waals surface area (Å²) in [7, 11) is 0. The van der Waals surface area contributed by atoms with E-state index in [0.717, 1.165) is 30.1 Å². The number of hydrogen-bond acceptors (Lipinski definition) is 5. The molecule has 2 aromatic heterocycles. The molecule has 0 saturated carbocycles. The highest BCUT2D eigenvalue weighted by Crippen LogP contribution is 2.26. The molecule has 22 heavy (non-hydrogen) atoms. The number of piperidine rings is 1. The zero-order valence-electron chi connectivity index (χ0n) is 12.3. The molecule has 2 N–H and O–H groups in total. The summed E-state index contributed by atoms with van der Waals surface area (Å²) in [5, 5.41) is 3.26. The van der Waals surface area contributed by atoms with Crippen LogP contribution in [0.4, 0.5) is 17.5 Å². The summed E-state index contributed by atoms with van der Waals surface area (Å²) >= 11 is 0. The van der Waals surface area contributed by atoms with Gasteiger partial charge in [-0.3, -0.25) is 0 Å². The second-order valence-electron chi connectivity index (χ2n) is 5.51. The quantitative estimate of drug-likeness (QED) is 0.777. The number of imidazole rings is 1. The standard InChI is InChI=1S/C16H18N6/c1-3-7-12(8-4-1)19-16-20-14-13(17-11-18-14)15(21-16)22-9-5-2-6-10-22/h1,3-4,7-8,11H,2,5-6,9-10H2,(H2,17,18,19,20,21). The Labute approximate surface area is 128 Å². The van der Waals surface area contributed by atoms with E-state index in [1.165, 1.54) is 19.3 Å².